The highest BCUT2D eigenvalue weighted by Gasteiger charge is 2.13. The van der Waals surface area contributed by atoms with Crippen molar-refractivity contribution in [3.05, 3.63) is 90.1 Å². The van der Waals surface area contributed by atoms with Crippen molar-refractivity contribution in [3.63, 3.8) is 0 Å². The summed E-state index contributed by atoms with van der Waals surface area (Å²) in [4.78, 5) is 28.0. The molecule has 0 fully saturated rings. The van der Waals surface area contributed by atoms with Gasteiger partial charge in [0.15, 0.2) is 0 Å². The zero-order chi connectivity index (χ0) is 23.9. The third kappa shape index (κ3) is 5.48. The minimum atomic E-state index is -1.12. The Labute approximate surface area is 196 Å². The Morgan fingerprint density at radius 2 is 1.68 bits per heavy atom. The third-order valence-corrected chi connectivity index (χ3v) is 5.03. The zero-order valence-corrected chi connectivity index (χ0v) is 18.2. The first-order valence-corrected chi connectivity index (χ1v) is 10.7. The summed E-state index contributed by atoms with van der Waals surface area (Å²) in [6.45, 7) is 1.17. The fourth-order valence-electron chi connectivity index (χ4n) is 3.30. The van der Waals surface area contributed by atoms with Gasteiger partial charge in [0.1, 0.15) is 11.5 Å². The molecule has 8 heteroatoms. The van der Waals surface area contributed by atoms with E-state index >= 15 is 0 Å². The van der Waals surface area contributed by atoms with E-state index in [-0.39, 0.29) is 16.8 Å². The number of fused-ring (bicyclic) bond motifs is 1. The number of ether oxygens (including phenoxy) is 2. The van der Waals surface area contributed by atoms with E-state index in [2.05, 4.69) is 10.3 Å². The quantitative estimate of drug-likeness (QED) is 0.311. The Bertz CT molecular complexity index is 1320. The molecular formula is C26H23N3O5. The average Bonchev–Trinajstić information content (AvgIpc) is 2.85. The lowest BCUT2D eigenvalue weighted by Gasteiger charge is -2.10. The van der Waals surface area contributed by atoms with E-state index < -0.39 is 11.9 Å². The van der Waals surface area contributed by atoms with Crippen LogP contribution in [0.3, 0.4) is 0 Å². The molecule has 0 unspecified atom stereocenters. The number of carboxylic acids is 1. The second-order valence-electron chi connectivity index (χ2n) is 7.45. The summed E-state index contributed by atoms with van der Waals surface area (Å²) in [5.41, 5.74) is 5.99. The van der Waals surface area contributed by atoms with Crippen molar-refractivity contribution in [2.24, 2.45) is 5.73 Å². The van der Waals surface area contributed by atoms with Gasteiger partial charge in [0.25, 0.3) is 5.91 Å². The lowest BCUT2D eigenvalue weighted by Crippen LogP contribution is -2.15. The van der Waals surface area contributed by atoms with Crippen molar-refractivity contribution in [2.45, 2.75) is 6.42 Å². The molecule has 1 aromatic heterocycles. The molecule has 34 heavy (non-hydrogen) atoms. The number of hydrogen-bond acceptors (Lipinski definition) is 6. The number of carbonyl (C=O) groups excluding carboxylic acids is 1. The molecule has 8 nitrogen and oxygen atoms in total. The molecule has 172 valence electrons. The van der Waals surface area contributed by atoms with Crippen LogP contribution in [0, 0.1) is 0 Å². The first-order valence-electron chi connectivity index (χ1n) is 10.7. The van der Waals surface area contributed by atoms with E-state index in [1.165, 1.54) is 18.3 Å². The summed E-state index contributed by atoms with van der Waals surface area (Å²) in [6, 6.07) is 20.8. The van der Waals surface area contributed by atoms with Crippen LogP contribution >= 0.6 is 0 Å². The van der Waals surface area contributed by atoms with Gasteiger partial charge in [0.05, 0.1) is 23.4 Å². The number of amides is 1. The van der Waals surface area contributed by atoms with Crippen molar-refractivity contribution in [1.82, 2.24) is 4.98 Å². The van der Waals surface area contributed by atoms with Gasteiger partial charge in [-0.05, 0) is 66.2 Å². The predicted octanol–water partition coefficient (Wildman–Crippen LogP) is 4.71. The summed E-state index contributed by atoms with van der Waals surface area (Å²) in [6.07, 6.45) is 2.17. The maximum atomic E-state index is 12.5. The smallest absolute Gasteiger partial charge is 0.337 e. The van der Waals surface area contributed by atoms with E-state index in [9.17, 15) is 14.7 Å². The number of hydrogen-bond donors (Lipinski definition) is 3. The molecule has 4 N–H and O–H groups in total. The van der Waals surface area contributed by atoms with E-state index in [0.717, 1.165) is 22.9 Å². The number of aromatic carboxylic acids is 1. The molecule has 1 amide bonds. The lowest BCUT2D eigenvalue weighted by molar-refractivity contribution is 0.0698. The highest BCUT2D eigenvalue weighted by molar-refractivity contribution is 6.07. The number of rotatable bonds is 9. The number of carboxylic acid groups (broad SMARTS) is 1. The first kappa shape index (κ1) is 22.8. The van der Waals surface area contributed by atoms with Gasteiger partial charge in [-0.3, -0.25) is 4.79 Å². The van der Waals surface area contributed by atoms with Gasteiger partial charge >= 0.3 is 5.97 Å². The molecule has 0 atom stereocenters. The second-order valence-corrected chi connectivity index (χ2v) is 7.45. The molecule has 0 aliphatic rings. The highest BCUT2D eigenvalue weighted by Crippen LogP contribution is 2.27. The number of nitrogens with one attached hydrogen (secondary N) is 1. The zero-order valence-electron chi connectivity index (χ0n) is 18.2. The van der Waals surface area contributed by atoms with Gasteiger partial charge in [0, 0.05) is 12.3 Å². The van der Waals surface area contributed by atoms with Crippen molar-refractivity contribution in [3.8, 4) is 17.4 Å². The van der Waals surface area contributed by atoms with Gasteiger partial charge in [0.2, 0.25) is 5.88 Å². The minimum Gasteiger partial charge on any atom is -0.494 e. The van der Waals surface area contributed by atoms with Gasteiger partial charge in [-0.25, -0.2) is 9.78 Å². The fraction of sp³-hybridized carbons (Fsp3) is 0.115. The summed E-state index contributed by atoms with van der Waals surface area (Å²) in [5, 5.41) is 13.9. The minimum absolute atomic E-state index is 0.00862. The number of nitrogens with zero attached hydrogens (tertiary/aromatic N) is 1. The average molecular weight is 457 g/mol. The molecule has 0 bridgehead atoms. The largest absolute Gasteiger partial charge is 0.494 e. The standard InChI is InChI=1S/C26H23N3O5/c27-12-3-13-33-20-9-6-18-15-21(10-7-17(18)14-20)34-24-11-8-19(16-28-24)25(30)29-23-5-2-1-4-22(23)26(31)32/h1-2,4-11,14-16H,3,12-13,27H2,(H,29,30)(H,31,32). The van der Waals surface area contributed by atoms with Gasteiger partial charge in [-0.1, -0.05) is 24.3 Å². The molecule has 0 aliphatic carbocycles. The van der Waals surface area contributed by atoms with Crippen LogP contribution in [0.5, 0.6) is 17.4 Å². The van der Waals surface area contributed by atoms with E-state index in [1.807, 2.05) is 36.4 Å². The molecule has 4 rings (SSSR count). The molecule has 0 aliphatic heterocycles. The molecule has 0 saturated heterocycles. The summed E-state index contributed by atoms with van der Waals surface area (Å²) in [7, 11) is 0. The van der Waals surface area contributed by atoms with Crippen molar-refractivity contribution < 1.29 is 24.2 Å². The summed E-state index contributed by atoms with van der Waals surface area (Å²) >= 11 is 0. The normalized spacial score (nSPS) is 10.6. The van der Waals surface area contributed by atoms with Crippen LogP contribution < -0.4 is 20.5 Å². The Kier molecular flexibility index (Phi) is 7.00. The van der Waals surface area contributed by atoms with Crippen LogP contribution in [0.4, 0.5) is 5.69 Å². The topological polar surface area (TPSA) is 124 Å². The molecule has 0 radical (unpaired) electrons. The number of nitrogens with two attached hydrogens (primary N) is 1. The third-order valence-electron chi connectivity index (χ3n) is 5.03. The summed E-state index contributed by atoms with van der Waals surface area (Å²) < 4.78 is 11.5. The Morgan fingerprint density at radius 3 is 2.38 bits per heavy atom. The second kappa shape index (κ2) is 10.5. The van der Waals surface area contributed by atoms with Crippen LogP contribution in [-0.4, -0.2) is 35.1 Å². The molecule has 0 spiro atoms. The van der Waals surface area contributed by atoms with Crippen LogP contribution in [0.1, 0.15) is 27.1 Å². The van der Waals surface area contributed by atoms with Crippen LogP contribution in [0.15, 0.2) is 79.0 Å². The van der Waals surface area contributed by atoms with E-state index in [0.29, 0.717) is 24.8 Å². The Morgan fingerprint density at radius 1 is 0.941 bits per heavy atom. The Balaban J connectivity index is 1.42. The fourth-order valence-corrected chi connectivity index (χ4v) is 3.30. The SMILES string of the molecule is NCCCOc1ccc2cc(Oc3ccc(C(=O)Nc4ccccc4C(=O)O)cn3)ccc2c1. The van der Waals surface area contributed by atoms with Crippen LogP contribution in [0.25, 0.3) is 10.8 Å². The molecule has 1 heterocycles. The maximum absolute atomic E-state index is 12.5. The van der Waals surface area contributed by atoms with E-state index in [4.69, 9.17) is 15.2 Å². The molecular weight excluding hydrogens is 434 g/mol. The summed E-state index contributed by atoms with van der Waals surface area (Å²) in [5.74, 6) is 0.121. The van der Waals surface area contributed by atoms with E-state index in [1.54, 1.807) is 24.3 Å². The molecule has 4 aromatic rings. The number of para-hydroxylation sites is 1. The number of carbonyl (C=O) groups is 2. The number of pyridine rings is 1. The first-order chi connectivity index (χ1) is 16.5. The number of anilines is 1. The van der Waals surface area contributed by atoms with Gasteiger partial charge < -0.3 is 25.6 Å². The van der Waals surface area contributed by atoms with Crippen LogP contribution in [0.2, 0.25) is 0 Å². The molecule has 0 saturated carbocycles. The van der Waals surface area contributed by atoms with Crippen molar-refractivity contribution in [2.75, 3.05) is 18.5 Å². The van der Waals surface area contributed by atoms with Gasteiger partial charge in [-0.15, -0.1) is 0 Å². The van der Waals surface area contributed by atoms with Gasteiger partial charge in [-0.2, -0.15) is 0 Å². The van der Waals surface area contributed by atoms with Crippen molar-refractivity contribution >= 4 is 28.3 Å². The highest BCUT2D eigenvalue weighted by atomic mass is 16.5. The predicted molar refractivity (Wildman–Crippen MR) is 129 cm³/mol. The monoisotopic (exact) mass is 457 g/mol. The van der Waals surface area contributed by atoms with Crippen LogP contribution in [-0.2, 0) is 0 Å². The number of benzene rings is 3. The molecule has 3 aromatic carbocycles. The number of aromatic nitrogens is 1. The Hall–Kier alpha value is -4.43. The lowest BCUT2D eigenvalue weighted by atomic mass is 10.1. The maximum Gasteiger partial charge on any atom is 0.337 e. The van der Waals surface area contributed by atoms with Crippen molar-refractivity contribution in [1.29, 1.82) is 0 Å².